The number of hydrogen-bond donors (Lipinski definition) is 3. The molecular weight excluding hydrogens is 453 g/mol. The number of hydrogen-bond acceptors (Lipinski definition) is 7. The third-order valence-corrected chi connectivity index (χ3v) is 7.83. The lowest BCUT2D eigenvalue weighted by Gasteiger charge is -2.25. The van der Waals surface area contributed by atoms with E-state index in [4.69, 9.17) is 10.3 Å². The Morgan fingerprint density at radius 3 is 2.48 bits per heavy atom. The van der Waals surface area contributed by atoms with Crippen LogP contribution in [0.15, 0.2) is 47.5 Å². The summed E-state index contributed by atoms with van der Waals surface area (Å²) in [5.41, 5.74) is 2.75. The van der Waals surface area contributed by atoms with Crippen molar-refractivity contribution < 1.29 is 27.9 Å². The molecule has 3 N–H and O–H groups in total. The number of benzene rings is 2. The lowest BCUT2D eigenvalue weighted by Crippen LogP contribution is -2.50. The largest absolute Gasteiger partial charge is 0.396 e. The second-order valence-electron chi connectivity index (χ2n) is 7.96. The molecule has 0 saturated carbocycles. The molecule has 2 aromatic carbocycles. The minimum absolute atomic E-state index is 0.00307. The van der Waals surface area contributed by atoms with Gasteiger partial charge in [0.15, 0.2) is 14.6 Å². The number of aromatic nitrogens is 2. The topological polar surface area (TPSA) is 139 Å². The number of amides is 1. The van der Waals surface area contributed by atoms with Crippen molar-refractivity contribution in [2.24, 2.45) is 0 Å². The molecule has 0 aliphatic rings. The molecule has 0 radical (unpaired) electrons. The van der Waals surface area contributed by atoms with Crippen LogP contribution in [0.5, 0.6) is 0 Å². The second-order valence-corrected chi connectivity index (χ2v) is 10.4. The zero-order valence-corrected chi connectivity index (χ0v) is 18.9. The first-order valence-electron chi connectivity index (χ1n) is 10.0. The highest BCUT2D eigenvalue weighted by atomic mass is 32.2. The highest BCUT2D eigenvalue weighted by molar-refractivity contribution is 7.92. The molecule has 0 aliphatic heterocycles. The zero-order valence-electron chi connectivity index (χ0n) is 18.1. The van der Waals surface area contributed by atoms with E-state index in [2.05, 4.69) is 4.98 Å². The van der Waals surface area contributed by atoms with Crippen molar-refractivity contribution in [2.45, 2.75) is 31.1 Å². The first kappa shape index (κ1) is 24.5. The number of halogens is 1. The maximum absolute atomic E-state index is 14.9. The van der Waals surface area contributed by atoms with E-state index in [0.717, 1.165) is 29.4 Å². The average Bonchev–Trinajstić information content (AvgIpc) is 2.78. The van der Waals surface area contributed by atoms with Gasteiger partial charge in [0.05, 0.1) is 17.2 Å². The molecular formula is C22H24FN3O6S. The van der Waals surface area contributed by atoms with Crippen molar-refractivity contribution in [3.63, 3.8) is 0 Å². The predicted octanol–water partition coefficient (Wildman–Crippen LogP) is 1.44. The summed E-state index contributed by atoms with van der Waals surface area (Å²) in [5, 5.41) is 17.9. The average molecular weight is 478 g/mol. The smallest absolute Gasteiger partial charge is 0.264 e. The lowest BCUT2D eigenvalue weighted by atomic mass is 10.0. The van der Waals surface area contributed by atoms with Gasteiger partial charge in [0.2, 0.25) is 0 Å². The van der Waals surface area contributed by atoms with Crippen LogP contribution in [0.25, 0.3) is 22.0 Å². The SMILES string of the molecule is CC(CCn1cnc2cc(-c3ccc(CCO)cc3)c(F)cc2c1=O)(C(=O)NO)S(C)(=O)=O. The molecule has 0 fully saturated rings. The molecule has 1 aromatic heterocycles. The standard InChI is InChI=1S/C22H24FN3O6S/c1-22(21(29)25-30,33(2,31)32)8-9-26-13-24-19-12-16(18(23)11-17(19)20(26)28)15-5-3-14(4-6-15)7-10-27/h3-6,11-13,27,30H,7-10H2,1-2H3,(H,25,29). The van der Waals surface area contributed by atoms with Crippen molar-refractivity contribution >= 4 is 26.6 Å². The van der Waals surface area contributed by atoms with Gasteiger partial charge in [0.1, 0.15) is 5.82 Å². The Morgan fingerprint density at radius 1 is 1.24 bits per heavy atom. The maximum atomic E-state index is 14.9. The van der Waals surface area contributed by atoms with Gasteiger partial charge in [-0.3, -0.25) is 19.4 Å². The van der Waals surface area contributed by atoms with Gasteiger partial charge in [0.25, 0.3) is 11.5 Å². The van der Waals surface area contributed by atoms with Gasteiger partial charge in [-0.25, -0.2) is 23.3 Å². The number of sulfone groups is 1. The monoisotopic (exact) mass is 477 g/mol. The number of fused-ring (bicyclic) bond motifs is 1. The second kappa shape index (κ2) is 9.38. The quantitative estimate of drug-likeness (QED) is 0.330. The Balaban J connectivity index is 1.96. The van der Waals surface area contributed by atoms with Gasteiger partial charge < -0.3 is 5.11 Å². The summed E-state index contributed by atoms with van der Waals surface area (Å²) in [6, 6.07) is 9.53. The summed E-state index contributed by atoms with van der Waals surface area (Å²) >= 11 is 0. The summed E-state index contributed by atoms with van der Waals surface area (Å²) in [7, 11) is -3.93. The number of hydroxylamine groups is 1. The van der Waals surface area contributed by atoms with E-state index in [-0.39, 0.29) is 36.0 Å². The van der Waals surface area contributed by atoms with Crippen LogP contribution in [0.1, 0.15) is 18.9 Å². The third-order valence-electron chi connectivity index (χ3n) is 5.81. The first-order valence-corrected chi connectivity index (χ1v) is 11.9. The highest BCUT2D eigenvalue weighted by Gasteiger charge is 2.43. The molecule has 1 atom stereocenters. The zero-order chi connectivity index (χ0) is 24.4. The summed E-state index contributed by atoms with van der Waals surface area (Å²) in [4.78, 5) is 29.1. The van der Waals surface area contributed by atoms with Gasteiger partial charge in [-0.05, 0) is 43.0 Å². The van der Waals surface area contributed by atoms with Crippen LogP contribution in [0, 0.1) is 5.82 Å². The molecule has 3 aromatic rings. The van der Waals surface area contributed by atoms with Crippen molar-refractivity contribution in [3.8, 4) is 11.1 Å². The molecule has 1 amide bonds. The molecule has 33 heavy (non-hydrogen) atoms. The van der Waals surface area contributed by atoms with Gasteiger partial charge >= 0.3 is 0 Å². The van der Waals surface area contributed by atoms with Crippen molar-refractivity contribution in [1.82, 2.24) is 15.0 Å². The molecule has 3 rings (SSSR count). The van der Waals surface area contributed by atoms with Crippen molar-refractivity contribution in [1.29, 1.82) is 0 Å². The number of nitrogens with one attached hydrogen (secondary N) is 1. The van der Waals surface area contributed by atoms with Crippen LogP contribution < -0.4 is 11.0 Å². The summed E-state index contributed by atoms with van der Waals surface area (Å²) in [6.45, 7) is 0.952. The third kappa shape index (κ3) is 4.80. The van der Waals surface area contributed by atoms with E-state index >= 15 is 0 Å². The van der Waals surface area contributed by atoms with Crippen LogP contribution in [0.2, 0.25) is 0 Å². The van der Waals surface area contributed by atoms with Crippen LogP contribution in [-0.2, 0) is 27.6 Å². The van der Waals surface area contributed by atoms with Crippen LogP contribution in [0.3, 0.4) is 0 Å². The molecule has 0 aliphatic carbocycles. The molecule has 1 heterocycles. The summed E-state index contributed by atoms with van der Waals surface area (Å²) < 4.78 is 38.2. The highest BCUT2D eigenvalue weighted by Crippen LogP contribution is 2.27. The number of aliphatic hydroxyl groups excluding tert-OH is 1. The van der Waals surface area contributed by atoms with Gasteiger partial charge in [-0.2, -0.15) is 0 Å². The molecule has 11 heteroatoms. The normalized spacial score (nSPS) is 13.6. The van der Waals surface area contributed by atoms with Gasteiger partial charge in [0, 0.05) is 25.0 Å². The fourth-order valence-electron chi connectivity index (χ4n) is 3.46. The Morgan fingerprint density at radius 2 is 1.91 bits per heavy atom. The summed E-state index contributed by atoms with van der Waals surface area (Å²) in [5.74, 6) is -1.75. The van der Waals surface area contributed by atoms with E-state index in [1.54, 1.807) is 24.3 Å². The Kier molecular flexibility index (Phi) is 6.96. The van der Waals surface area contributed by atoms with Crippen molar-refractivity contribution in [3.05, 3.63) is 64.5 Å². The molecule has 0 bridgehead atoms. The molecule has 0 spiro atoms. The van der Waals surface area contributed by atoms with Crippen LogP contribution >= 0.6 is 0 Å². The first-order chi connectivity index (χ1) is 15.5. The predicted molar refractivity (Wildman–Crippen MR) is 120 cm³/mol. The lowest BCUT2D eigenvalue weighted by molar-refractivity contribution is -0.131. The minimum atomic E-state index is -3.93. The van der Waals surface area contributed by atoms with E-state index < -0.39 is 31.9 Å². The molecule has 0 saturated heterocycles. The van der Waals surface area contributed by atoms with Crippen molar-refractivity contribution in [2.75, 3.05) is 12.9 Å². The molecule has 1 unspecified atom stereocenters. The minimum Gasteiger partial charge on any atom is -0.396 e. The van der Waals surface area contributed by atoms with E-state index in [0.29, 0.717) is 12.0 Å². The fraction of sp³-hybridized carbons (Fsp3) is 0.318. The molecule has 9 nitrogen and oxygen atoms in total. The van der Waals surface area contributed by atoms with Gasteiger partial charge in [-0.15, -0.1) is 0 Å². The summed E-state index contributed by atoms with van der Waals surface area (Å²) in [6.07, 6.45) is 2.24. The number of nitrogens with zero attached hydrogens (tertiary/aromatic N) is 2. The van der Waals surface area contributed by atoms with E-state index in [9.17, 15) is 22.4 Å². The van der Waals surface area contributed by atoms with E-state index in [1.807, 2.05) is 0 Å². The fourth-order valence-corrected chi connectivity index (χ4v) is 4.30. The number of carbonyl (C=O) groups is 1. The number of aliphatic hydroxyl groups is 1. The Bertz CT molecular complexity index is 1360. The Labute approximate surface area is 189 Å². The number of aryl methyl sites for hydroxylation is 1. The Hall–Kier alpha value is -3.15. The van der Waals surface area contributed by atoms with Crippen LogP contribution in [0.4, 0.5) is 4.39 Å². The number of rotatable bonds is 8. The number of carbonyl (C=O) groups excluding carboxylic acids is 1. The van der Waals surface area contributed by atoms with Crippen LogP contribution in [-0.4, -0.2) is 51.8 Å². The van der Waals surface area contributed by atoms with Gasteiger partial charge in [-0.1, -0.05) is 24.3 Å². The maximum Gasteiger partial charge on any atom is 0.264 e. The molecule has 176 valence electrons. The van der Waals surface area contributed by atoms with E-state index in [1.165, 1.54) is 17.9 Å².